The molecule has 1 aliphatic heterocycles. The van der Waals surface area contributed by atoms with Gasteiger partial charge >= 0.3 is 0 Å². The van der Waals surface area contributed by atoms with Gasteiger partial charge in [0.05, 0.1) is 0 Å². The molecule has 0 unspecified atom stereocenters. The summed E-state index contributed by atoms with van der Waals surface area (Å²) in [4.78, 5) is 22.5. The molecule has 0 aliphatic carbocycles. The first kappa shape index (κ1) is 15.5. The standard InChI is InChI=1S/C15H25N5O/c1-15(2,3)14(21)17-7-6-16-12-10-13(19-11-18-12)20-8-4-5-9-20/h10-11H,4-9H2,1-3H3,(H,17,21)(H,16,18,19). The summed E-state index contributed by atoms with van der Waals surface area (Å²) < 4.78 is 0. The highest BCUT2D eigenvalue weighted by atomic mass is 16.2. The number of amides is 1. The Morgan fingerprint density at radius 3 is 2.62 bits per heavy atom. The predicted molar refractivity (Wildman–Crippen MR) is 84.4 cm³/mol. The molecule has 1 fully saturated rings. The quantitative estimate of drug-likeness (QED) is 0.807. The molecule has 2 N–H and O–H groups in total. The van der Waals surface area contributed by atoms with E-state index in [1.807, 2.05) is 26.8 Å². The molecule has 1 aliphatic rings. The number of anilines is 2. The van der Waals surface area contributed by atoms with E-state index in [4.69, 9.17) is 0 Å². The monoisotopic (exact) mass is 291 g/mol. The molecule has 6 heteroatoms. The van der Waals surface area contributed by atoms with E-state index >= 15 is 0 Å². The fourth-order valence-electron chi connectivity index (χ4n) is 2.19. The Balaban J connectivity index is 1.78. The molecule has 1 saturated heterocycles. The van der Waals surface area contributed by atoms with Crippen LogP contribution in [0.5, 0.6) is 0 Å². The smallest absolute Gasteiger partial charge is 0.225 e. The highest BCUT2D eigenvalue weighted by Gasteiger charge is 2.20. The Morgan fingerprint density at radius 1 is 1.24 bits per heavy atom. The van der Waals surface area contributed by atoms with Crippen molar-refractivity contribution in [3.8, 4) is 0 Å². The van der Waals surface area contributed by atoms with Gasteiger partial charge in [0.2, 0.25) is 5.91 Å². The van der Waals surface area contributed by atoms with Gasteiger partial charge in [-0.15, -0.1) is 0 Å². The van der Waals surface area contributed by atoms with Crippen LogP contribution < -0.4 is 15.5 Å². The molecule has 6 nitrogen and oxygen atoms in total. The van der Waals surface area contributed by atoms with Crippen LogP contribution in [-0.4, -0.2) is 42.1 Å². The lowest BCUT2D eigenvalue weighted by molar-refractivity contribution is -0.128. The summed E-state index contributed by atoms with van der Waals surface area (Å²) >= 11 is 0. The fraction of sp³-hybridized carbons (Fsp3) is 0.667. The number of nitrogens with zero attached hydrogens (tertiary/aromatic N) is 3. The summed E-state index contributed by atoms with van der Waals surface area (Å²) in [6.45, 7) is 9.08. The largest absolute Gasteiger partial charge is 0.368 e. The Morgan fingerprint density at radius 2 is 1.95 bits per heavy atom. The molecule has 1 aromatic rings. The van der Waals surface area contributed by atoms with Crippen molar-refractivity contribution in [3.63, 3.8) is 0 Å². The minimum Gasteiger partial charge on any atom is -0.368 e. The minimum atomic E-state index is -0.349. The van der Waals surface area contributed by atoms with Crippen molar-refractivity contribution in [1.82, 2.24) is 15.3 Å². The number of carbonyl (C=O) groups is 1. The van der Waals surface area contributed by atoms with Gasteiger partial charge in [0.1, 0.15) is 18.0 Å². The van der Waals surface area contributed by atoms with Crippen LogP contribution >= 0.6 is 0 Å². The SMILES string of the molecule is CC(C)(C)C(=O)NCCNc1cc(N2CCCC2)ncn1. The van der Waals surface area contributed by atoms with E-state index in [0.717, 1.165) is 24.7 Å². The third-order valence-corrected chi connectivity index (χ3v) is 3.48. The van der Waals surface area contributed by atoms with Gasteiger partial charge in [0.25, 0.3) is 0 Å². The number of rotatable bonds is 5. The zero-order chi connectivity index (χ0) is 15.3. The Bertz CT molecular complexity index is 477. The van der Waals surface area contributed by atoms with Gasteiger partial charge in [-0.25, -0.2) is 9.97 Å². The van der Waals surface area contributed by atoms with E-state index in [-0.39, 0.29) is 11.3 Å². The van der Waals surface area contributed by atoms with Crippen LogP contribution in [0.15, 0.2) is 12.4 Å². The lowest BCUT2D eigenvalue weighted by Gasteiger charge is -2.18. The van der Waals surface area contributed by atoms with Gasteiger partial charge in [0.15, 0.2) is 0 Å². The Labute approximate surface area is 126 Å². The highest BCUT2D eigenvalue weighted by molar-refractivity contribution is 5.81. The van der Waals surface area contributed by atoms with Crippen LogP contribution in [0.4, 0.5) is 11.6 Å². The number of aromatic nitrogens is 2. The van der Waals surface area contributed by atoms with Crippen molar-refractivity contribution in [2.45, 2.75) is 33.6 Å². The zero-order valence-corrected chi connectivity index (χ0v) is 13.1. The van der Waals surface area contributed by atoms with E-state index in [1.165, 1.54) is 12.8 Å². The predicted octanol–water partition coefficient (Wildman–Crippen LogP) is 1.65. The van der Waals surface area contributed by atoms with E-state index in [0.29, 0.717) is 13.1 Å². The maximum atomic E-state index is 11.7. The summed E-state index contributed by atoms with van der Waals surface area (Å²) in [7, 11) is 0. The molecular weight excluding hydrogens is 266 g/mol. The number of hydrogen-bond donors (Lipinski definition) is 2. The second kappa shape index (κ2) is 6.74. The van der Waals surface area contributed by atoms with Crippen LogP contribution in [0.1, 0.15) is 33.6 Å². The van der Waals surface area contributed by atoms with Gasteiger partial charge in [-0.3, -0.25) is 4.79 Å². The first-order chi connectivity index (χ1) is 9.97. The molecule has 1 amide bonds. The summed E-state index contributed by atoms with van der Waals surface area (Å²) in [6, 6.07) is 1.97. The van der Waals surface area contributed by atoms with Crippen LogP contribution in [0.2, 0.25) is 0 Å². The molecule has 2 rings (SSSR count). The van der Waals surface area contributed by atoms with E-state index in [1.54, 1.807) is 6.33 Å². The fourth-order valence-corrected chi connectivity index (χ4v) is 2.19. The maximum Gasteiger partial charge on any atom is 0.225 e. The van der Waals surface area contributed by atoms with Gasteiger partial charge in [-0.2, -0.15) is 0 Å². The third-order valence-electron chi connectivity index (χ3n) is 3.48. The summed E-state index contributed by atoms with van der Waals surface area (Å²) in [5, 5.41) is 6.13. The average Bonchev–Trinajstić information content (AvgIpc) is 2.97. The van der Waals surface area contributed by atoms with Crippen molar-refractivity contribution < 1.29 is 4.79 Å². The molecular formula is C15H25N5O. The van der Waals surface area contributed by atoms with Crippen molar-refractivity contribution in [3.05, 3.63) is 12.4 Å². The van der Waals surface area contributed by atoms with Crippen molar-refractivity contribution in [2.24, 2.45) is 5.41 Å². The maximum absolute atomic E-state index is 11.7. The molecule has 0 radical (unpaired) electrons. The second-order valence-electron chi connectivity index (χ2n) is 6.39. The van der Waals surface area contributed by atoms with Crippen molar-refractivity contribution in [1.29, 1.82) is 0 Å². The molecule has 0 atom stereocenters. The van der Waals surface area contributed by atoms with Crippen LogP contribution in [0, 0.1) is 5.41 Å². The number of carbonyl (C=O) groups excluding carboxylic acids is 1. The molecule has 21 heavy (non-hydrogen) atoms. The van der Waals surface area contributed by atoms with Gasteiger partial charge in [0, 0.05) is 37.7 Å². The molecule has 116 valence electrons. The zero-order valence-electron chi connectivity index (χ0n) is 13.1. The number of hydrogen-bond acceptors (Lipinski definition) is 5. The third kappa shape index (κ3) is 4.58. The van der Waals surface area contributed by atoms with Crippen molar-refractivity contribution in [2.75, 3.05) is 36.4 Å². The highest BCUT2D eigenvalue weighted by Crippen LogP contribution is 2.19. The van der Waals surface area contributed by atoms with Gasteiger partial charge < -0.3 is 15.5 Å². The molecule has 0 bridgehead atoms. The lowest BCUT2D eigenvalue weighted by Crippen LogP contribution is -2.37. The van der Waals surface area contributed by atoms with E-state index in [2.05, 4.69) is 25.5 Å². The van der Waals surface area contributed by atoms with Crippen molar-refractivity contribution >= 4 is 17.5 Å². The Kier molecular flexibility index (Phi) is 4.98. The molecule has 0 saturated carbocycles. The van der Waals surface area contributed by atoms with Crippen LogP contribution in [0.3, 0.4) is 0 Å². The van der Waals surface area contributed by atoms with Gasteiger partial charge in [-0.05, 0) is 12.8 Å². The van der Waals surface area contributed by atoms with E-state index < -0.39 is 0 Å². The molecule has 1 aromatic heterocycles. The second-order valence-corrected chi connectivity index (χ2v) is 6.39. The van der Waals surface area contributed by atoms with Crippen LogP contribution in [-0.2, 0) is 4.79 Å². The first-order valence-corrected chi connectivity index (χ1v) is 7.56. The Hall–Kier alpha value is -1.85. The minimum absolute atomic E-state index is 0.0599. The summed E-state index contributed by atoms with van der Waals surface area (Å²) in [5.41, 5.74) is -0.349. The molecule has 0 aromatic carbocycles. The number of nitrogens with one attached hydrogen (secondary N) is 2. The lowest BCUT2D eigenvalue weighted by atomic mass is 9.96. The van der Waals surface area contributed by atoms with E-state index in [9.17, 15) is 4.79 Å². The van der Waals surface area contributed by atoms with Gasteiger partial charge in [-0.1, -0.05) is 20.8 Å². The molecule has 2 heterocycles. The topological polar surface area (TPSA) is 70.2 Å². The normalized spacial score (nSPS) is 15.1. The molecule has 0 spiro atoms. The van der Waals surface area contributed by atoms with Crippen LogP contribution in [0.25, 0.3) is 0 Å². The summed E-state index contributed by atoms with van der Waals surface area (Å²) in [5.74, 6) is 1.84. The average molecular weight is 291 g/mol. The first-order valence-electron chi connectivity index (χ1n) is 7.56. The summed E-state index contributed by atoms with van der Waals surface area (Å²) in [6.07, 6.45) is 4.04.